The lowest BCUT2D eigenvalue weighted by Gasteiger charge is -2.24. The number of fused-ring (bicyclic) bond motifs is 1. The number of primary amides is 1. The maximum Gasteiger partial charge on any atom is 0.264 e. The molecule has 6 nitrogen and oxygen atoms in total. The van der Waals surface area contributed by atoms with E-state index < -0.39 is 15.9 Å². The molecule has 1 unspecified atom stereocenters. The lowest BCUT2D eigenvalue weighted by Crippen LogP contribution is -2.35. The van der Waals surface area contributed by atoms with Crippen LogP contribution in [0, 0.1) is 0 Å². The summed E-state index contributed by atoms with van der Waals surface area (Å²) in [5.41, 5.74) is 7.02. The Morgan fingerprint density at radius 3 is 2.62 bits per heavy atom. The summed E-state index contributed by atoms with van der Waals surface area (Å²) in [5.74, 6) is -0.491. The summed E-state index contributed by atoms with van der Waals surface area (Å²) in [5, 5.41) is 0. The van der Waals surface area contributed by atoms with E-state index >= 15 is 0 Å². The second kappa shape index (κ2) is 5.83. The average Bonchev–Trinajstić information content (AvgIpc) is 2.90. The molecule has 1 aliphatic heterocycles. The van der Waals surface area contributed by atoms with Crippen molar-refractivity contribution in [3.63, 3.8) is 0 Å². The van der Waals surface area contributed by atoms with E-state index in [4.69, 9.17) is 10.5 Å². The molecule has 0 radical (unpaired) electrons. The van der Waals surface area contributed by atoms with Gasteiger partial charge in [0.15, 0.2) is 0 Å². The third-order valence-corrected chi connectivity index (χ3v) is 6.06. The maximum atomic E-state index is 13.1. The number of nitrogens with zero attached hydrogens (tertiary/aromatic N) is 1. The van der Waals surface area contributed by atoms with E-state index in [2.05, 4.69) is 0 Å². The SMILES string of the molecule is COc1ccc(S(=O)(=O)N2c3ccccc3CC2C)cc1C(N)=O. The quantitative estimate of drug-likeness (QED) is 0.916. The molecule has 1 amide bonds. The van der Waals surface area contributed by atoms with Gasteiger partial charge in [-0.2, -0.15) is 0 Å². The molecule has 7 heteroatoms. The van der Waals surface area contributed by atoms with Crippen LogP contribution in [-0.2, 0) is 16.4 Å². The van der Waals surface area contributed by atoms with Crippen molar-refractivity contribution in [1.82, 2.24) is 0 Å². The van der Waals surface area contributed by atoms with Crippen LogP contribution in [-0.4, -0.2) is 27.5 Å². The molecule has 1 atom stereocenters. The molecule has 0 saturated carbocycles. The number of sulfonamides is 1. The van der Waals surface area contributed by atoms with Crippen molar-refractivity contribution in [3.05, 3.63) is 53.6 Å². The number of benzene rings is 2. The number of methoxy groups -OCH3 is 1. The Morgan fingerprint density at radius 1 is 1.25 bits per heavy atom. The molecule has 2 N–H and O–H groups in total. The van der Waals surface area contributed by atoms with Crippen molar-refractivity contribution in [3.8, 4) is 5.75 Å². The zero-order valence-electron chi connectivity index (χ0n) is 13.4. The monoisotopic (exact) mass is 346 g/mol. The zero-order chi connectivity index (χ0) is 17.5. The Bertz CT molecular complexity index is 909. The summed E-state index contributed by atoms with van der Waals surface area (Å²) >= 11 is 0. The van der Waals surface area contributed by atoms with E-state index in [1.54, 1.807) is 6.07 Å². The number of rotatable bonds is 4. The van der Waals surface area contributed by atoms with Crippen LogP contribution in [0.15, 0.2) is 47.4 Å². The average molecular weight is 346 g/mol. The summed E-state index contributed by atoms with van der Waals surface area (Å²) in [7, 11) is -2.41. The number of para-hydroxylation sites is 1. The van der Waals surface area contributed by atoms with Gasteiger partial charge in [0.2, 0.25) is 0 Å². The van der Waals surface area contributed by atoms with Gasteiger partial charge in [0.25, 0.3) is 15.9 Å². The van der Waals surface area contributed by atoms with Crippen molar-refractivity contribution >= 4 is 21.6 Å². The van der Waals surface area contributed by atoms with Crippen LogP contribution in [0.5, 0.6) is 5.75 Å². The van der Waals surface area contributed by atoms with Crippen molar-refractivity contribution in [2.24, 2.45) is 5.73 Å². The van der Waals surface area contributed by atoms with E-state index in [0.29, 0.717) is 12.1 Å². The van der Waals surface area contributed by atoms with E-state index in [-0.39, 0.29) is 22.3 Å². The predicted molar refractivity (Wildman–Crippen MR) is 90.8 cm³/mol. The third kappa shape index (κ3) is 2.50. The van der Waals surface area contributed by atoms with Gasteiger partial charge in [0.05, 0.1) is 23.3 Å². The summed E-state index contributed by atoms with van der Waals surface area (Å²) in [6.07, 6.45) is 0.647. The Labute approximate surface area is 140 Å². The molecular formula is C17H18N2O4S. The molecule has 0 saturated heterocycles. The van der Waals surface area contributed by atoms with E-state index in [9.17, 15) is 13.2 Å². The van der Waals surface area contributed by atoms with Crippen molar-refractivity contribution in [2.75, 3.05) is 11.4 Å². The number of nitrogens with two attached hydrogens (primary N) is 1. The van der Waals surface area contributed by atoms with Crippen LogP contribution in [0.4, 0.5) is 5.69 Å². The van der Waals surface area contributed by atoms with Crippen LogP contribution in [0.3, 0.4) is 0 Å². The van der Waals surface area contributed by atoms with Crippen molar-refractivity contribution < 1.29 is 17.9 Å². The fraction of sp³-hybridized carbons (Fsp3) is 0.235. The Balaban J connectivity index is 2.12. The molecule has 1 heterocycles. The molecule has 0 aliphatic carbocycles. The van der Waals surface area contributed by atoms with E-state index in [0.717, 1.165) is 5.56 Å². The van der Waals surface area contributed by atoms with Gasteiger partial charge >= 0.3 is 0 Å². The highest BCUT2D eigenvalue weighted by atomic mass is 32.2. The number of ether oxygens (including phenoxy) is 1. The molecule has 0 bridgehead atoms. The number of anilines is 1. The standard InChI is InChI=1S/C17H18N2O4S/c1-11-9-12-5-3-4-6-15(12)19(11)24(21,22)13-7-8-16(23-2)14(10-13)17(18)20/h3-8,10-11H,9H2,1-2H3,(H2,18,20). The first kappa shape index (κ1) is 16.3. The first-order chi connectivity index (χ1) is 11.4. The zero-order valence-corrected chi connectivity index (χ0v) is 14.2. The van der Waals surface area contributed by atoms with E-state index in [1.807, 2.05) is 25.1 Å². The van der Waals surface area contributed by atoms with E-state index in [1.165, 1.54) is 29.6 Å². The normalized spacial score (nSPS) is 16.8. The lowest BCUT2D eigenvalue weighted by atomic mass is 10.1. The number of amides is 1. The minimum atomic E-state index is -3.81. The summed E-state index contributed by atoms with van der Waals surface area (Å²) in [4.78, 5) is 11.6. The predicted octanol–water partition coefficient (Wildman–Crippen LogP) is 1.93. The van der Waals surface area contributed by atoms with Gasteiger partial charge in [0, 0.05) is 6.04 Å². The Hall–Kier alpha value is -2.54. The molecular weight excluding hydrogens is 328 g/mol. The van der Waals surface area contributed by atoms with Gasteiger partial charge in [-0.05, 0) is 43.2 Å². The molecule has 2 aromatic rings. The van der Waals surface area contributed by atoms with Crippen LogP contribution in [0.2, 0.25) is 0 Å². The number of hydrogen-bond donors (Lipinski definition) is 1. The minimum absolute atomic E-state index is 0.0145. The molecule has 24 heavy (non-hydrogen) atoms. The molecule has 126 valence electrons. The van der Waals surface area contributed by atoms with Crippen LogP contribution >= 0.6 is 0 Å². The molecule has 0 aromatic heterocycles. The number of carbonyl (C=O) groups is 1. The first-order valence-corrected chi connectivity index (χ1v) is 8.90. The summed E-state index contributed by atoms with van der Waals surface area (Å²) < 4.78 is 32.7. The molecule has 1 aliphatic rings. The highest BCUT2D eigenvalue weighted by molar-refractivity contribution is 7.92. The Morgan fingerprint density at radius 2 is 1.96 bits per heavy atom. The van der Waals surface area contributed by atoms with Gasteiger partial charge in [-0.25, -0.2) is 8.42 Å². The van der Waals surface area contributed by atoms with Gasteiger partial charge in [0.1, 0.15) is 5.75 Å². The van der Waals surface area contributed by atoms with Crippen LogP contribution in [0.25, 0.3) is 0 Å². The maximum absolute atomic E-state index is 13.1. The second-order valence-electron chi connectivity index (χ2n) is 5.71. The molecule has 3 rings (SSSR count). The first-order valence-electron chi connectivity index (χ1n) is 7.46. The van der Waals surface area contributed by atoms with Gasteiger partial charge in [-0.3, -0.25) is 9.10 Å². The van der Waals surface area contributed by atoms with Crippen LogP contribution in [0.1, 0.15) is 22.8 Å². The van der Waals surface area contributed by atoms with Gasteiger partial charge in [-0.1, -0.05) is 18.2 Å². The largest absolute Gasteiger partial charge is 0.496 e. The number of carbonyl (C=O) groups excluding carboxylic acids is 1. The Kier molecular flexibility index (Phi) is 3.96. The smallest absolute Gasteiger partial charge is 0.264 e. The fourth-order valence-electron chi connectivity index (χ4n) is 3.06. The van der Waals surface area contributed by atoms with Crippen molar-refractivity contribution in [2.45, 2.75) is 24.3 Å². The molecule has 0 spiro atoms. The minimum Gasteiger partial charge on any atom is -0.496 e. The van der Waals surface area contributed by atoms with Gasteiger partial charge < -0.3 is 10.5 Å². The molecule has 2 aromatic carbocycles. The summed E-state index contributed by atoms with van der Waals surface area (Å²) in [6.45, 7) is 1.86. The van der Waals surface area contributed by atoms with Crippen LogP contribution < -0.4 is 14.8 Å². The topological polar surface area (TPSA) is 89.7 Å². The molecule has 0 fully saturated rings. The number of hydrogen-bond acceptors (Lipinski definition) is 4. The fourth-order valence-corrected chi connectivity index (χ4v) is 4.78. The third-order valence-electron chi connectivity index (χ3n) is 4.14. The highest BCUT2D eigenvalue weighted by Crippen LogP contribution is 2.37. The lowest BCUT2D eigenvalue weighted by molar-refractivity contribution is 0.0997. The second-order valence-corrected chi connectivity index (χ2v) is 7.52. The summed E-state index contributed by atoms with van der Waals surface area (Å²) in [6, 6.07) is 11.3. The van der Waals surface area contributed by atoms with Gasteiger partial charge in [-0.15, -0.1) is 0 Å². The van der Waals surface area contributed by atoms with Crippen molar-refractivity contribution in [1.29, 1.82) is 0 Å². The highest BCUT2D eigenvalue weighted by Gasteiger charge is 2.36.